The molecule has 1 atom stereocenters. The van der Waals surface area contributed by atoms with Gasteiger partial charge in [0.2, 0.25) is 11.8 Å². The molecule has 0 aliphatic heterocycles. The van der Waals surface area contributed by atoms with Gasteiger partial charge in [-0.25, -0.2) is 9.18 Å². The fourth-order valence-electron chi connectivity index (χ4n) is 1.91. The molecule has 6 nitrogen and oxygen atoms in total. The molecule has 0 fully saturated rings. The van der Waals surface area contributed by atoms with Gasteiger partial charge in [0.25, 0.3) is 0 Å². The van der Waals surface area contributed by atoms with Gasteiger partial charge in [-0.3, -0.25) is 9.59 Å². The van der Waals surface area contributed by atoms with Crippen molar-refractivity contribution in [3.05, 3.63) is 35.6 Å². The lowest BCUT2D eigenvalue weighted by Crippen LogP contribution is -2.44. The quantitative estimate of drug-likeness (QED) is 0.674. The van der Waals surface area contributed by atoms with E-state index in [0.29, 0.717) is 5.56 Å². The summed E-state index contributed by atoms with van der Waals surface area (Å²) in [5.74, 6) is -2.69. The third kappa shape index (κ3) is 6.46. The molecule has 126 valence electrons. The lowest BCUT2D eigenvalue weighted by atomic mass is 10.0. The van der Waals surface area contributed by atoms with Gasteiger partial charge >= 0.3 is 5.97 Å². The van der Waals surface area contributed by atoms with Crippen LogP contribution >= 0.6 is 0 Å². The van der Waals surface area contributed by atoms with Crippen molar-refractivity contribution in [2.75, 3.05) is 0 Å². The Labute approximate surface area is 134 Å². The van der Waals surface area contributed by atoms with Crippen molar-refractivity contribution in [1.29, 1.82) is 0 Å². The average Bonchev–Trinajstić information content (AvgIpc) is 2.49. The van der Waals surface area contributed by atoms with Crippen molar-refractivity contribution >= 4 is 17.8 Å². The minimum Gasteiger partial charge on any atom is -0.480 e. The van der Waals surface area contributed by atoms with Crippen LogP contribution in [0.1, 0.15) is 32.3 Å². The largest absolute Gasteiger partial charge is 0.480 e. The lowest BCUT2D eigenvalue weighted by Gasteiger charge is -2.17. The van der Waals surface area contributed by atoms with E-state index in [4.69, 9.17) is 5.11 Å². The van der Waals surface area contributed by atoms with Crippen LogP contribution in [0.2, 0.25) is 0 Å². The van der Waals surface area contributed by atoms with Gasteiger partial charge in [0, 0.05) is 24.9 Å². The second kappa shape index (κ2) is 8.87. The topological polar surface area (TPSA) is 95.5 Å². The predicted octanol–water partition coefficient (Wildman–Crippen LogP) is 1.45. The molecule has 0 aliphatic rings. The highest BCUT2D eigenvalue weighted by Crippen LogP contribution is 2.06. The number of benzene rings is 1. The van der Waals surface area contributed by atoms with E-state index in [-0.39, 0.29) is 25.3 Å². The van der Waals surface area contributed by atoms with Gasteiger partial charge in [-0.05, 0) is 12.0 Å². The summed E-state index contributed by atoms with van der Waals surface area (Å²) in [7, 11) is 0. The molecule has 0 saturated carbocycles. The van der Waals surface area contributed by atoms with Crippen molar-refractivity contribution in [3.63, 3.8) is 0 Å². The summed E-state index contributed by atoms with van der Waals surface area (Å²) in [5, 5.41) is 13.9. The fraction of sp³-hybridized carbons (Fsp3) is 0.438. The van der Waals surface area contributed by atoms with E-state index < -0.39 is 29.6 Å². The highest BCUT2D eigenvalue weighted by Gasteiger charge is 2.23. The molecular weight excluding hydrogens is 303 g/mol. The zero-order valence-electron chi connectivity index (χ0n) is 13.1. The molecule has 1 aromatic rings. The molecule has 0 radical (unpaired) electrons. The molecule has 0 aliphatic carbocycles. The van der Waals surface area contributed by atoms with E-state index >= 15 is 0 Å². The third-order valence-electron chi connectivity index (χ3n) is 3.26. The van der Waals surface area contributed by atoms with Gasteiger partial charge in [0.05, 0.1) is 0 Å². The van der Waals surface area contributed by atoms with E-state index in [1.165, 1.54) is 6.07 Å². The monoisotopic (exact) mass is 324 g/mol. The molecule has 1 unspecified atom stereocenters. The van der Waals surface area contributed by atoms with Crippen molar-refractivity contribution in [2.45, 2.75) is 39.3 Å². The Balaban J connectivity index is 2.37. The summed E-state index contributed by atoms with van der Waals surface area (Å²) in [5.41, 5.74) is 0.357. The number of carboxylic acids is 1. The van der Waals surface area contributed by atoms with E-state index in [0.717, 1.165) is 0 Å². The first kappa shape index (κ1) is 18.6. The highest BCUT2D eigenvalue weighted by molar-refractivity contribution is 5.87. The minimum atomic E-state index is -1.11. The van der Waals surface area contributed by atoms with E-state index in [1.807, 2.05) is 0 Å². The van der Waals surface area contributed by atoms with Crippen LogP contribution in [-0.2, 0) is 20.9 Å². The second-order valence-corrected chi connectivity index (χ2v) is 5.50. The number of aliphatic carboxylic acids is 1. The molecule has 2 amide bonds. The Bertz CT molecular complexity index is 575. The number of halogens is 1. The Hall–Kier alpha value is -2.44. The van der Waals surface area contributed by atoms with Gasteiger partial charge in [0.15, 0.2) is 0 Å². The van der Waals surface area contributed by atoms with Crippen LogP contribution in [0.3, 0.4) is 0 Å². The molecule has 3 N–H and O–H groups in total. The number of nitrogens with one attached hydrogen (secondary N) is 2. The van der Waals surface area contributed by atoms with Crippen LogP contribution in [-0.4, -0.2) is 28.9 Å². The standard InChI is InChI=1S/C16H21FN2O4/c1-10(2)15(16(22)23)19-14(21)8-7-13(20)18-9-11-5-3-4-6-12(11)17/h3-6,10,15H,7-9H2,1-2H3,(H,18,20)(H,19,21)(H,22,23). The summed E-state index contributed by atoms with van der Waals surface area (Å²) in [6, 6.07) is 5.09. The first-order chi connectivity index (χ1) is 10.8. The maximum absolute atomic E-state index is 13.4. The van der Waals surface area contributed by atoms with Crippen molar-refractivity contribution in [1.82, 2.24) is 10.6 Å². The number of amides is 2. The Kier molecular flexibility index (Phi) is 7.18. The van der Waals surface area contributed by atoms with Crippen molar-refractivity contribution in [3.8, 4) is 0 Å². The number of hydrogen-bond acceptors (Lipinski definition) is 3. The zero-order valence-corrected chi connectivity index (χ0v) is 13.1. The summed E-state index contributed by atoms with van der Waals surface area (Å²) in [6.07, 6.45) is -0.218. The first-order valence-electron chi connectivity index (χ1n) is 7.33. The van der Waals surface area contributed by atoms with E-state index in [9.17, 15) is 18.8 Å². The smallest absolute Gasteiger partial charge is 0.326 e. The molecule has 1 rings (SSSR count). The molecule has 23 heavy (non-hydrogen) atoms. The molecule has 1 aromatic carbocycles. The van der Waals surface area contributed by atoms with Crippen LogP contribution < -0.4 is 10.6 Å². The zero-order chi connectivity index (χ0) is 17.4. The van der Waals surface area contributed by atoms with Crippen LogP contribution in [0.25, 0.3) is 0 Å². The average molecular weight is 324 g/mol. The Morgan fingerprint density at radius 3 is 2.30 bits per heavy atom. The van der Waals surface area contributed by atoms with Crippen molar-refractivity contribution < 1.29 is 23.9 Å². The highest BCUT2D eigenvalue weighted by atomic mass is 19.1. The first-order valence-corrected chi connectivity index (χ1v) is 7.33. The van der Waals surface area contributed by atoms with Crippen LogP contribution in [0.4, 0.5) is 4.39 Å². The fourth-order valence-corrected chi connectivity index (χ4v) is 1.91. The number of rotatable bonds is 8. The van der Waals surface area contributed by atoms with Gasteiger partial charge in [-0.15, -0.1) is 0 Å². The van der Waals surface area contributed by atoms with Crippen LogP contribution in [0.15, 0.2) is 24.3 Å². The second-order valence-electron chi connectivity index (χ2n) is 5.50. The molecule has 0 saturated heterocycles. The van der Waals surface area contributed by atoms with Crippen molar-refractivity contribution in [2.24, 2.45) is 5.92 Å². The lowest BCUT2D eigenvalue weighted by molar-refractivity contribution is -0.143. The Morgan fingerprint density at radius 2 is 1.74 bits per heavy atom. The minimum absolute atomic E-state index is 0.0386. The van der Waals surface area contributed by atoms with Gasteiger partial charge in [-0.1, -0.05) is 32.0 Å². The third-order valence-corrected chi connectivity index (χ3v) is 3.26. The Morgan fingerprint density at radius 1 is 1.13 bits per heavy atom. The summed E-state index contributed by atoms with van der Waals surface area (Å²) < 4.78 is 13.4. The normalized spacial score (nSPS) is 11.8. The molecule has 0 heterocycles. The molecule has 0 aromatic heterocycles. The maximum Gasteiger partial charge on any atom is 0.326 e. The van der Waals surface area contributed by atoms with Crippen LogP contribution in [0.5, 0.6) is 0 Å². The number of carboxylic acid groups (broad SMARTS) is 1. The number of hydrogen-bond donors (Lipinski definition) is 3. The van der Waals surface area contributed by atoms with E-state index in [2.05, 4.69) is 10.6 Å². The van der Waals surface area contributed by atoms with Gasteiger partial charge < -0.3 is 15.7 Å². The molecular formula is C16H21FN2O4. The van der Waals surface area contributed by atoms with Gasteiger partial charge in [0.1, 0.15) is 11.9 Å². The summed E-state index contributed by atoms with van der Waals surface area (Å²) in [6.45, 7) is 3.40. The van der Waals surface area contributed by atoms with E-state index in [1.54, 1.807) is 32.0 Å². The number of carbonyl (C=O) groups excluding carboxylic acids is 2. The van der Waals surface area contributed by atoms with Crippen LogP contribution in [0, 0.1) is 11.7 Å². The predicted molar refractivity (Wildman–Crippen MR) is 81.9 cm³/mol. The molecule has 7 heteroatoms. The molecule has 0 bridgehead atoms. The molecule has 0 spiro atoms. The number of carbonyl (C=O) groups is 3. The summed E-state index contributed by atoms with van der Waals surface area (Å²) >= 11 is 0. The maximum atomic E-state index is 13.4. The summed E-state index contributed by atoms with van der Waals surface area (Å²) in [4.78, 5) is 34.3. The van der Waals surface area contributed by atoms with Gasteiger partial charge in [-0.2, -0.15) is 0 Å². The SMILES string of the molecule is CC(C)C(NC(=O)CCC(=O)NCc1ccccc1F)C(=O)O.